The summed E-state index contributed by atoms with van der Waals surface area (Å²) in [6, 6.07) is 14.3. The molecule has 2 atom stereocenters. The van der Waals surface area contributed by atoms with E-state index in [1.165, 1.54) is 24.3 Å². The first-order valence-electron chi connectivity index (χ1n) is 7.95. The van der Waals surface area contributed by atoms with Crippen molar-refractivity contribution in [3.63, 3.8) is 0 Å². The number of carboxylic acid groups (broad SMARTS) is 1. The van der Waals surface area contributed by atoms with E-state index in [9.17, 15) is 27.9 Å². The Labute approximate surface area is 148 Å². The number of nitrogens with one attached hydrogen (secondary N) is 1. The van der Waals surface area contributed by atoms with Gasteiger partial charge in [-0.2, -0.15) is 13.2 Å². The van der Waals surface area contributed by atoms with Gasteiger partial charge in [-0.15, -0.1) is 0 Å². The van der Waals surface area contributed by atoms with Crippen molar-refractivity contribution in [2.75, 3.05) is 0 Å². The highest BCUT2D eigenvalue weighted by Crippen LogP contribution is 2.37. The lowest BCUT2D eigenvalue weighted by molar-refractivity contribution is -0.158. The highest BCUT2D eigenvalue weighted by molar-refractivity contribution is 5.84. The highest BCUT2D eigenvalue weighted by Gasteiger charge is 2.42. The van der Waals surface area contributed by atoms with Gasteiger partial charge in [0.05, 0.1) is 5.92 Å². The van der Waals surface area contributed by atoms with Gasteiger partial charge in [0.15, 0.2) is 0 Å². The lowest BCUT2D eigenvalue weighted by Gasteiger charge is -2.22. The fourth-order valence-electron chi connectivity index (χ4n) is 2.60. The maximum Gasteiger partial charge on any atom is 0.396 e. The summed E-state index contributed by atoms with van der Waals surface area (Å²) in [5.74, 6) is -4.25. The molecule has 7 heteroatoms. The van der Waals surface area contributed by atoms with E-state index in [2.05, 4.69) is 5.32 Å². The van der Waals surface area contributed by atoms with E-state index >= 15 is 0 Å². The molecule has 2 unspecified atom stereocenters. The summed E-state index contributed by atoms with van der Waals surface area (Å²) in [6.07, 6.45) is -5.49. The molecule has 0 spiro atoms. The van der Waals surface area contributed by atoms with Crippen molar-refractivity contribution < 1.29 is 27.9 Å². The summed E-state index contributed by atoms with van der Waals surface area (Å²) in [4.78, 5) is 23.5. The van der Waals surface area contributed by atoms with Gasteiger partial charge in [-0.25, -0.2) is 4.79 Å². The van der Waals surface area contributed by atoms with E-state index in [-0.39, 0.29) is 12.0 Å². The first kappa shape index (κ1) is 19.5. The summed E-state index contributed by atoms with van der Waals surface area (Å²) in [7, 11) is 0. The third-order valence-corrected chi connectivity index (χ3v) is 3.90. The van der Waals surface area contributed by atoms with Crippen molar-refractivity contribution in [2.24, 2.45) is 0 Å². The van der Waals surface area contributed by atoms with E-state index in [0.29, 0.717) is 5.56 Å². The Bertz CT molecular complexity index is 733. The van der Waals surface area contributed by atoms with E-state index in [0.717, 1.165) is 0 Å². The van der Waals surface area contributed by atoms with Gasteiger partial charge in [-0.1, -0.05) is 60.7 Å². The van der Waals surface area contributed by atoms with Gasteiger partial charge in [-0.05, 0) is 11.1 Å². The third-order valence-electron chi connectivity index (χ3n) is 3.90. The Morgan fingerprint density at radius 2 is 1.50 bits per heavy atom. The molecular formula is C19H18F3NO3. The minimum atomic E-state index is -4.61. The number of benzene rings is 2. The summed E-state index contributed by atoms with van der Waals surface area (Å²) in [5.41, 5.74) is 0.626. The number of carbonyl (C=O) groups excluding carboxylic acids is 1. The van der Waals surface area contributed by atoms with Crippen molar-refractivity contribution in [2.45, 2.75) is 31.0 Å². The standard InChI is InChI=1S/C19H18F3NO3/c20-19(21,22)15(14-9-5-2-6-10-14)12-17(24)23-16(18(25)26)11-13-7-3-1-4-8-13/h1-10,15-16H,11-12H2,(H,23,24)(H,25,26). The number of carboxylic acids is 1. The predicted octanol–water partition coefficient (Wildman–Crippen LogP) is 3.53. The Morgan fingerprint density at radius 1 is 0.962 bits per heavy atom. The number of aliphatic carboxylic acids is 1. The number of hydrogen-bond acceptors (Lipinski definition) is 2. The zero-order valence-electron chi connectivity index (χ0n) is 13.7. The number of amides is 1. The van der Waals surface area contributed by atoms with Crippen molar-refractivity contribution in [3.8, 4) is 0 Å². The molecule has 4 nitrogen and oxygen atoms in total. The summed E-state index contributed by atoms with van der Waals surface area (Å²) in [5, 5.41) is 11.5. The molecule has 0 bridgehead atoms. The molecular weight excluding hydrogens is 347 g/mol. The van der Waals surface area contributed by atoms with Crippen LogP contribution in [0.2, 0.25) is 0 Å². The van der Waals surface area contributed by atoms with Gasteiger partial charge in [0.2, 0.25) is 5.91 Å². The molecule has 2 N–H and O–H groups in total. The Kier molecular flexibility index (Phi) is 6.38. The SMILES string of the molecule is O=C(CC(c1ccccc1)C(F)(F)F)NC(Cc1ccccc1)C(=O)O. The Morgan fingerprint density at radius 3 is 2.00 bits per heavy atom. The average molecular weight is 365 g/mol. The number of rotatable bonds is 7. The van der Waals surface area contributed by atoms with Gasteiger partial charge >= 0.3 is 12.1 Å². The molecule has 2 rings (SSSR count). The molecule has 1 amide bonds. The van der Waals surface area contributed by atoms with Crippen LogP contribution in [0.15, 0.2) is 60.7 Å². The third kappa shape index (κ3) is 5.61. The largest absolute Gasteiger partial charge is 0.480 e. The number of alkyl halides is 3. The fraction of sp³-hybridized carbons (Fsp3) is 0.263. The number of halogens is 3. The van der Waals surface area contributed by atoms with Gasteiger partial charge in [-0.3, -0.25) is 4.79 Å². The van der Waals surface area contributed by atoms with Crippen molar-refractivity contribution in [1.29, 1.82) is 0 Å². The lowest BCUT2D eigenvalue weighted by atomic mass is 9.94. The molecule has 2 aromatic carbocycles. The molecule has 0 heterocycles. The molecule has 0 radical (unpaired) electrons. The van der Waals surface area contributed by atoms with E-state index in [4.69, 9.17) is 0 Å². The molecule has 0 saturated carbocycles. The molecule has 0 fully saturated rings. The van der Waals surface area contributed by atoms with Crippen LogP contribution in [-0.2, 0) is 16.0 Å². The molecule has 0 aromatic heterocycles. The normalized spacial score (nSPS) is 13.7. The van der Waals surface area contributed by atoms with Crippen molar-refractivity contribution in [3.05, 3.63) is 71.8 Å². The number of hydrogen-bond donors (Lipinski definition) is 2. The van der Waals surface area contributed by atoms with Crippen molar-refractivity contribution in [1.82, 2.24) is 5.32 Å². The minimum Gasteiger partial charge on any atom is -0.480 e. The zero-order chi connectivity index (χ0) is 19.2. The topological polar surface area (TPSA) is 66.4 Å². The second-order valence-corrected chi connectivity index (χ2v) is 5.86. The van der Waals surface area contributed by atoms with Crippen LogP contribution in [0.5, 0.6) is 0 Å². The van der Waals surface area contributed by atoms with Crippen LogP contribution in [-0.4, -0.2) is 29.2 Å². The fourth-order valence-corrected chi connectivity index (χ4v) is 2.60. The molecule has 138 valence electrons. The first-order valence-corrected chi connectivity index (χ1v) is 7.95. The second-order valence-electron chi connectivity index (χ2n) is 5.86. The van der Waals surface area contributed by atoms with Crippen LogP contribution in [0.3, 0.4) is 0 Å². The highest BCUT2D eigenvalue weighted by atomic mass is 19.4. The maximum absolute atomic E-state index is 13.3. The van der Waals surface area contributed by atoms with Gasteiger partial charge < -0.3 is 10.4 Å². The van der Waals surface area contributed by atoms with Crippen LogP contribution in [0, 0.1) is 0 Å². The quantitative estimate of drug-likeness (QED) is 0.789. The summed E-state index contributed by atoms with van der Waals surface area (Å²) in [6.45, 7) is 0. The zero-order valence-corrected chi connectivity index (χ0v) is 13.7. The van der Waals surface area contributed by atoms with Crippen molar-refractivity contribution >= 4 is 11.9 Å². The van der Waals surface area contributed by atoms with E-state index in [1.807, 2.05) is 0 Å². The lowest BCUT2D eigenvalue weighted by Crippen LogP contribution is -2.43. The van der Waals surface area contributed by atoms with Crippen LogP contribution >= 0.6 is 0 Å². The van der Waals surface area contributed by atoms with Crippen LogP contribution in [0.25, 0.3) is 0 Å². The van der Waals surface area contributed by atoms with Gasteiger partial charge in [0.1, 0.15) is 6.04 Å². The Hall–Kier alpha value is -2.83. The van der Waals surface area contributed by atoms with E-state index < -0.39 is 36.4 Å². The summed E-state index contributed by atoms with van der Waals surface area (Å²) >= 11 is 0. The average Bonchev–Trinajstić information content (AvgIpc) is 2.59. The van der Waals surface area contributed by atoms with Crippen LogP contribution < -0.4 is 5.32 Å². The predicted molar refractivity (Wildman–Crippen MR) is 89.6 cm³/mol. The smallest absolute Gasteiger partial charge is 0.396 e. The summed E-state index contributed by atoms with van der Waals surface area (Å²) < 4.78 is 39.9. The van der Waals surface area contributed by atoms with Gasteiger partial charge in [0, 0.05) is 12.8 Å². The molecule has 2 aromatic rings. The van der Waals surface area contributed by atoms with E-state index in [1.54, 1.807) is 36.4 Å². The van der Waals surface area contributed by atoms with Crippen LogP contribution in [0.4, 0.5) is 13.2 Å². The Balaban J connectivity index is 2.09. The van der Waals surface area contributed by atoms with Crippen LogP contribution in [0.1, 0.15) is 23.5 Å². The molecule has 26 heavy (non-hydrogen) atoms. The monoisotopic (exact) mass is 365 g/mol. The maximum atomic E-state index is 13.3. The molecule has 0 saturated heterocycles. The first-order chi connectivity index (χ1) is 12.3. The molecule has 0 aliphatic rings. The number of carbonyl (C=O) groups is 2. The van der Waals surface area contributed by atoms with Gasteiger partial charge in [0.25, 0.3) is 0 Å². The minimum absolute atomic E-state index is 0.00999. The second kappa shape index (κ2) is 8.51. The molecule has 0 aliphatic carbocycles. The molecule has 0 aliphatic heterocycles.